The second kappa shape index (κ2) is 7.72. The van der Waals surface area contributed by atoms with Gasteiger partial charge in [-0.1, -0.05) is 60.7 Å². The average molecular weight is 431 g/mol. The Balaban J connectivity index is 1.74. The molecule has 0 unspecified atom stereocenters. The third-order valence-corrected chi connectivity index (χ3v) is 6.16. The molecule has 6 aromatic rings. The van der Waals surface area contributed by atoms with Crippen LogP contribution in [0.15, 0.2) is 115 Å². The molecule has 0 aliphatic heterocycles. The molecule has 33 heavy (non-hydrogen) atoms. The van der Waals surface area contributed by atoms with Crippen molar-refractivity contribution in [3.05, 3.63) is 127 Å². The minimum Gasteiger partial charge on any atom is -0.310 e. The van der Waals surface area contributed by atoms with E-state index in [1.54, 1.807) is 24.3 Å². The summed E-state index contributed by atoms with van der Waals surface area (Å²) in [5.41, 5.74) is 2.55. The van der Waals surface area contributed by atoms with Gasteiger partial charge in [-0.15, -0.1) is 0 Å². The Morgan fingerprint density at radius 2 is 0.939 bits per heavy atom. The highest BCUT2D eigenvalue weighted by atomic mass is 19.1. The van der Waals surface area contributed by atoms with Gasteiger partial charge in [-0.05, 0) is 81.5 Å². The molecule has 158 valence electrons. The summed E-state index contributed by atoms with van der Waals surface area (Å²) in [7, 11) is 0. The van der Waals surface area contributed by atoms with Gasteiger partial charge in [0.2, 0.25) is 0 Å². The minimum absolute atomic E-state index is 0.299. The summed E-state index contributed by atoms with van der Waals surface area (Å²) in [6.07, 6.45) is 0. The molecule has 0 radical (unpaired) electrons. The third-order valence-electron chi connectivity index (χ3n) is 6.16. The number of nitrogens with zero attached hydrogens (tertiary/aromatic N) is 1. The second-order valence-electron chi connectivity index (χ2n) is 8.11. The van der Waals surface area contributed by atoms with Crippen molar-refractivity contribution >= 4 is 49.4 Å². The molecule has 0 saturated carbocycles. The molecule has 1 nitrogen and oxygen atoms in total. The molecule has 0 fully saturated rings. The number of fused-ring (bicyclic) bond motifs is 5. The smallest absolute Gasteiger partial charge is 0.123 e. The molecule has 0 heterocycles. The van der Waals surface area contributed by atoms with Gasteiger partial charge in [0.25, 0.3) is 0 Å². The first-order chi connectivity index (χ1) is 16.2. The van der Waals surface area contributed by atoms with Gasteiger partial charge in [0.05, 0.1) is 5.69 Å². The summed E-state index contributed by atoms with van der Waals surface area (Å²) in [5.74, 6) is -0.598. The fourth-order valence-electron chi connectivity index (χ4n) is 4.63. The molecule has 0 amide bonds. The Labute approximate surface area is 190 Å². The molecule has 0 saturated heterocycles. The van der Waals surface area contributed by atoms with Gasteiger partial charge in [0.1, 0.15) is 11.6 Å². The Bertz CT molecular complexity index is 1570. The van der Waals surface area contributed by atoms with E-state index in [0.29, 0.717) is 0 Å². The fourth-order valence-corrected chi connectivity index (χ4v) is 4.63. The maximum Gasteiger partial charge on any atom is 0.123 e. The van der Waals surface area contributed by atoms with Crippen molar-refractivity contribution < 1.29 is 8.78 Å². The highest BCUT2D eigenvalue weighted by Gasteiger charge is 2.18. The normalized spacial score (nSPS) is 11.3. The summed E-state index contributed by atoms with van der Waals surface area (Å²) in [4.78, 5) is 2.06. The van der Waals surface area contributed by atoms with Crippen LogP contribution in [0.5, 0.6) is 0 Å². The van der Waals surface area contributed by atoms with Crippen LogP contribution in [-0.2, 0) is 0 Å². The van der Waals surface area contributed by atoms with Crippen LogP contribution in [0.2, 0.25) is 0 Å². The highest BCUT2D eigenvalue weighted by molar-refractivity contribution is 6.21. The van der Waals surface area contributed by atoms with Crippen LogP contribution in [0.4, 0.5) is 25.8 Å². The van der Waals surface area contributed by atoms with Crippen LogP contribution in [0.25, 0.3) is 32.3 Å². The number of hydrogen-bond acceptors (Lipinski definition) is 1. The van der Waals surface area contributed by atoms with Crippen LogP contribution in [0.1, 0.15) is 0 Å². The van der Waals surface area contributed by atoms with Gasteiger partial charge in [-0.2, -0.15) is 0 Å². The summed E-state index contributed by atoms with van der Waals surface area (Å²) in [6, 6.07) is 35.9. The van der Waals surface area contributed by atoms with Gasteiger partial charge in [0.15, 0.2) is 0 Å². The average Bonchev–Trinajstić information content (AvgIpc) is 2.86. The number of anilines is 3. The largest absolute Gasteiger partial charge is 0.310 e. The molecule has 0 aromatic heterocycles. The lowest BCUT2D eigenvalue weighted by molar-refractivity contribution is 0.628. The zero-order valence-corrected chi connectivity index (χ0v) is 17.7. The number of benzene rings is 6. The van der Waals surface area contributed by atoms with E-state index in [4.69, 9.17) is 0 Å². The summed E-state index contributed by atoms with van der Waals surface area (Å²) in [5, 5.41) is 6.84. The van der Waals surface area contributed by atoms with Crippen LogP contribution in [-0.4, -0.2) is 0 Å². The Morgan fingerprint density at radius 3 is 1.58 bits per heavy atom. The molecule has 0 aliphatic carbocycles. The monoisotopic (exact) mass is 431 g/mol. The van der Waals surface area contributed by atoms with Crippen molar-refractivity contribution in [1.29, 1.82) is 0 Å². The van der Waals surface area contributed by atoms with Crippen molar-refractivity contribution in [2.24, 2.45) is 0 Å². The first kappa shape index (κ1) is 19.4. The lowest BCUT2D eigenvalue weighted by Crippen LogP contribution is -2.10. The maximum absolute atomic E-state index is 13.8. The molecule has 0 bridgehead atoms. The van der Waals surface area contributed by atoms with Gasteiger partial charge >= 0.3 is 0 Å². The standard InChI is InChI=1S/C30H19F2N/c31-21-10-14-23(15-11-21)33(24-16-12-22(32)13-17-24)30-19-29-25-6-2-1-5-20(25)9-18-27(29)26-7-3-4-8-28(26)30/h1-19H. The molecular weight excluding hydrogens is 412 g/mol. The van der Waals surface area contributed by atoms with Crippen molar-refractivity contribution in [3.63, 3.8) is 0 Å². The zero-order valence-electron chi connectivity index (χ0n) is 17.7. The molecule has 3 heteroatoms. The van der Waals surface area contributed by atoms with Crippen LogP contribution < -0.4 is 4.90 Å². The van der Waals surface area contributed by atoms with Gasteiger partial charge in [0, 0.05) is 16.8 Å². The molecule has 0 spiro atoms. The topological polar surface area (TPSA) is 3.24 Å². The predicted molar refractivity (Wildman–Crippen MR) is 134 cm³/mol. The van der Waals surface area contributed by atoms with Gasteiger partial charge in [-0.25, -0.2) is 8.78 Å². The molecule has 6 aromatic carbocycles. The van der Waals surface area contributed by atoms with E-state index in [2.05, 4.69) is 47.4 Å². The second-order valence-corrected chi connectivity index (χ2v) is 8.11. The minimum atomic E-state index is -0.299. The molecule has 6 rings (SSSR count). The number of hydrogen-bond donors (Lipinski definition) is 0. The van der Waals surface area contributed by atoms with E-state index in [1.807, 2.05) is 24.3 Å². The summed E-state index contributed by atoms with van der Waals surface area (Å²) < 4.78 is 27.6. The Kier molecular flexibility index (Phi) is 4.55. The molecular formula is C30H19F2N. The van der Waals surface area contributed by atoms with E-state index in [1.165, 1.54) is 40.4 Å². The lowest BCUT2D eigenvalue weighted by atomic mass is 9.95. The first-order valence-corrected chi connectivity index (χ1v) is 10.8. The first-order valence-electron chi connectivity index (χ1n) is 10.8. The number of rotatable bonds is 3. The van der Waals surface area contributed by atoms with Crippen LogP contribution >= 0.6 is 0 Å². The molecule has 0 aliphatic rings. The highest BCUT2D eigenvalue weighted by Crippen LogP contribution is 2.43. The summed E-state index contributed by atoms with van der Waals surface area (Å²) in [6.45, 7) is 0. The molecule has 0 atom stereocenters. The van der Waals surface area contributed by atoms with E-state index in [-0.39, 0.29) is 11.6 Å². The lowest BCUT2D eigenvalue weighted by Gasteiger charge is -2.27. The van der Waals surface area contributed by atoms with Gasteiger partial charge in [-0.3, -0.25) is 0 Å². The van der Waals surface area contributed by atoms with Crippen LogP contribution in [0.3, 0.4) is 0 Å². The predicted octanol–water partition coefficient (Wildman–Crippen LogP) is 8.89. The van der Waals surface area contributed by atoms with E-state index < -0.39 is 0 Å². The van der Waals surface area contributed by atoms with Crippen molar-refractivity contribution in [1.82, 2.24) is 0 Å². The Hall–Kier alpha value is -4.24. The van der Waals surface area contributed by atoms with Crippen molar-refractivity contribution in [2.75, 3.05) is 4.90 Å². The van der Waals surface area contributed by atoms with Crippen molar-refractivity contribution in [2.45, 2.75) is 0 Å². The number of halogens is 2. The van der Waals surface area contributed by atoms with E-state index in [0.717, 1.165) is 33.2 Å². The third kappa shape index (κ3) is 3.30. The van der Waals surface area contributed by atoms with Crippen LogP contribution in [0, 0.1) is 11.6 Å². The summed E-state index contributed by atoms with van der Waals surface area (Å²) >= 11 is 0. The maximum atomic E-state index is 13.8. The quantitative estimate of drug-likeness (QED) is 0.253. The van der Waals surface area contributed by atoms with E-state index >= 15 is 0 Å². The van der Waals surface area contributed by atoms with Crippen molar-refractivity contribution in [3.8, 4) is 0 Å². The molecule has 0 N–H and O–H groups in total. The Morgan fingerprint density at radius 1 is 0.424 bits per heavy atom. The fraction of sp³-hybridized carbons (Fsp3) is 0. The van der Waals surface area contributed by atoms with Gasteiger partial charge < -0.3 is 4.90 Å². The SMILES string of the molecule is Fc1ccc(N(c2ccc(F)cc2)c2cc3c4ccccc4ccc3c3ccccc23)cc1. The van der Waals surface area contributed by atoms with E-state index in [9.17, 15) is 8.78 Å². The zero-order chi connectivity index (χ0) is 22.4.